The number of esters is 2. The number of hydrogen-bond acceptors (Lipinski definition) is 5. The third-order valence-corrected chi connectivity index (χ3v) is 2.42. The topological polar surface area (TPSA) is 81.7 Å². The van der Waals surface area contributed by atoms with Crippen molar-refractivity contribution in [1.29, 1.82) is 0 Å². The molecule has 21 heavy (non-hydrogen) atoms. The van der Waals surface area contributed by atoms with Gasteiger partial charge in [0, 0.05) is 19.8 Å². The van der Waals surface area contributed by atoms with Crippen LogP contribution in [-0.4, -0.2) is 42.8 Å². The summed E-state index contributed by atoms with van der Waals surface area (Å²) in [4.78, 5) is 35.1. The van der Waals surface area contributed by atoms with Crippen LogP contribution in [0.25, 0.3) is 0 Å². The molecule has 0 aliphatic carbocycles. The smallest absolute Gasteiger partial charge is 0.389 e. The molecule has 0 saturated heterocycles. The van der Waals surface area contributed by atoms with Crippen LogP contribution in [-0.2, 0) is 23.9 Å². The Morgan fingerprint density at radius 2 is 1.38 bits per heavy atom. The molecular weight excluding hydrogens is 295 g/mol. The van der Waals surface area contributed by atoms with Crippen molar-refractivity contribution in [3.63, 3.8) is 0 Å². The lowest BCUT2D eigenvalue weighted by Crippen LogP contribution is -2.61. The highest BCUT2D eigenvalue weighted by Crippen LogP contribution is 2.28. The van der Waals surface area contributed by atoms with E-state index in [1.807, 2.05) is 5.32 Å². The number of hydrogen-bond donors (Lipinski definition) is 1. The van der Waals surface area contributed by atoms with Crippen LogP contribution < -0.4 is 5.32 Å². The third kappa shape index (κ3) is 6.01. The Bertz CT molecular complexity index is 377. The Balaban J connectivity index is 5.54. The number of carbonyl (C=O) groups is 3. The van der Waals surface area contributed by atoms with Gasteiger partial charge in [0.1, 0.15) is 0 Å². The maximum absolute atomic E-state index is 12.4. The van der Waals surface area contributed by atoms with Gasteiger partial charge in [-0.15, -0.1) is 0 Å². The molecule has 0 radical (unpaired) electrons. The average molecular weight is 313 g/mol. The molecule has 1 amide bonds. The second-order valence-corrected chi connectivity index (χ2v) is 4.14. The molecule has 0 aromatic rings. The van der Waals surface area contributed by atoms with Crippen molar-refractivity contribution in [2.24, 2.45) is 0 Å². The molecule has 1 N–H and O–H groups in total. The number of alkyl halides is 3. The molecule has 0 aromatic heterocycles. The van der Waals surface area contributed by atoms with E-state index in [9.17, 15) is 27.6 Å². The van der Waals surface area contributed by atoms with E-state index >= 15 is 0 Å². The fraction of sp³-hybridized carbons (Fsp3) is 0.750. The first-order valence-corrected chi connectivity index (χ1v) is 6.29. The summed E-state index contributed by atoms with van der Waals surface area (Å²) in [6, 6.07) is 0. The van der Waals surface area contributed by atoms with Crippen molar-refractivity contribution >= 4 is 17.8 Å². The predicted molar refractivity (Wildman–Crippen MR) is 65.1 cm³/mol. The van der Waals surface area contributed by atoms with E-state index in [1.54, 1.807) is 0 Å². The molecule has 0 aliphatic rings. The lowest BCUT2D eigenvalue weighted by Gasteiger charge is -2.29. The second kappa shape index (κ2) is 7.84. The number of carbonyl (C=O) groups excluding carboxylic acids is 3. The van der Waals surface area contributed by atoms with Crippen LogP contribution in [0, 0.1) is 0 Å². The molecular formula is C12H18F3NO5. The quantitative estimate of drug-likeness (QED) is 0.566. The van der Waals surface area contributed by atoms with Crippen LogP contribution in [0.1, 0.15) is 33.6 Å². The van der Waals surface area contributed by atoms with Crippen molar-refractivity contribution in [1.82, 2.24) is 5.32 Å². The van der Waals surface area contributed by atoms with E-state index in [4.69, 9.17) is 0 Å². The Morgan fingerprint density at radius 1 is 0.952 bits per heavy atom. The molecule has 6 nitrogen and oxygen atoms in total. The molecule has 0 unspecified atom stereocenters. The predicted octanol–water partition coefficient (Wildman–Crippen LogP) is 1.33. The first-order valence-electron chi connectivity index (χ1n) is 6.29. The number of nitrogens with one attached hydrogen (secondary N) is 1. The van der Waals surface area contributed by atoms with Gasteiger partial charge >= 0.3 is 18.1 Å². The SMILES string of the molecule is CCOC(=O)C(CCC(F)(F)F)(NC(C)=O)C(=O)OCC. The van der Waals surface area contributed by atoms with Crippen molar-refractivity contribution in [2.75, 3.05) is 13.2 Å². The van der Waals surface area contributed by atoms with E-state index in [1.165, 1.54) is 13.8 Å². The fourth-order valence-corrected chi connectivity index (χ4v) is 1.59. The fourth-order valence-electron chi connectivity index (χ4n) is 1.59. The Morgan fingerprint density at radius 3 is 1.67 bits per heavy atom. The second-order valence-electron chi connectivity index (χ2n) is 4.14. The van der Waals surface area contributed by atoms with E-state index in [2.05, 4.69) is 9.47 Å². The minimum atomic E-state index is -4.61. The average Bonchev–Trinajstić information content (AvgIpc) is 2.33. The lowest BCUT2D eigenvalue weighted by atomic mass is 9.92. The van der Waals surface area contributed by atoms with Gasteiger partial charge in [-0.2, -0.15) is 13.2 Å². The molecule has 0 saturated carbocycles. The van der Waals surface area contributed by atoms with Crippen LogP contribution in [0.2, 0.25) is 0 Å². The molecule has 0 bridgehead atoms. The first kappa shape index (κ1) is 19.2. The van der Waals surface area contributed by atoms with E-state index < -0.39 is 42.4 Å². The highest BCUT2D eigenvalue weighted by Gasteiger charge is 2.51. The van der Waals surface area contributed by atoms with Gasteiger partial charge in [0.15, 0.2) is 0 Å². The molecule has 0 aliphatic heterocycles. The van der Waals surface area contributed by atoms with Gasteiger partial charge < -0.3 is 14.8 Å². The maximum Gasteiger partial charge on any atom is 0.389 e. The summed E-state index contributed by atoms with van der Waals surface area (Å²) in [5.41, 5.74) is -2.49. The van der Waals surface area contributed by atoms with Gasteiger partial charge in [-0.3, -0.25) is 4.79 Å². The van der Waals surface area contributed by atoms with E-state index in [-0.39, 0.29) is 13.2 Å². The van der Waals surface area contributed by atoms with Crippen LogP contribution in [0.15, 0.2) is 0 Å². The van der Waals surface area contributed by atoms with Gasteiger partial charge in [0.05, 0.1) is 13.2 Å². The molecule has 9 heteroatoms. The molecule has 0 rings (SSSR count). The Kier molecular flexibility index (Phi) is 7.17. The zero-order chi connectivity index (χ0) is 16.7. The molecule has 0 heterocycles. The largest absolute Gasteiger partial charge is 0.464 e. The van der Waals surface area contributed by atoms with Crippen LogP contribution >= 0.6 is 0 Å². The molecule has 0 atom stereocenters. The lowest BCUT2D eigenvalue weighted by molar-refractivity contribution is -0.173. The summed E-state index contributed by atoms with van der Waals surface area (Å²) >= 11 is 0. The molecule has 0 aromatic carbocycles. The number of amides is 1. The number of ether oxygens (including phenoxy) is 2. The van der Waals surface area contributed by atoms with E-state index in [0.29, 0.717) is 0 Å². The Labute approximate surface area is 120 Å². The van der Waals surface area contributed by atoms with Gasteiger partial charge in [-0.05, 0) is 13.8 Å². The summed E-state index contributed by atoms with van der Waals surface area (Å²) in [6.45, 7) is 3.49. The Hall–Kier alpha value is -1.80. The molecule has 0 fully saturated rings. The van der Waals surface area contributed by atoms with Crippen molar-refractivity contribution < 1.29 is 37.0 Å². The van der Waals surface area contributed by atoms with Crippen molar-refractivity contribution in [2.45, 2.75) is 45.3 Å². The maximum atomic E-state index is 12.4. The monoisotopic (exact) mass is 313 g/mol. The van der Waals surface area contributed by atoms with Crippen molar-refractivity contribution in [3.8, 4) is 0 Å². The summed E-state index contributed by atoms with van der Waals surface area (Å²) < 4.78 is 46.5. The normalized spacial score (nSPS) is 11.7. The van der Waals surface area contributed by atoms with Gasteiger partial charge in [0.25, 0.3) is 0 Å². The highest BCUT2D eigenvalue weighted by molar-refractivity contribution is 6.07. The first-order chi connectivity index (χ1) is 9.59. The minimum absolute atomic E-state index is 0.161. The zero-order valence-electron chi connectivity index (χ0n) is 12.0. The van der Waals surface area contributed by atoms with Gasteiger partial charge in [-0.1, -0.05) is 0 Å². The highest BCUT2D eigenvalue weighted by atomic mass is 19.4. The molecule has 122 valence electrons. The standard InChI is InChI=1S/C12H18F3NO5/c1-4-20-9(18)11(16-8(3)17,10(19)21-5-2)6-7-12(13,14)15/h4-7H2,1-3H3,(H,16,17). The summed E-state index contributed by atoms with van der Waals surface area (Å²) in [6.07, 6.45) is -7.05. The van der Waals surface area contributed by atoms with Crippen LogP contribution in [0.4, 0.5) is 13.2 Å². The number of halogens is 3. The molecule has 0 spiro atoms. The van der Waals surface area contributed by atoms with Crippen LogP contribution in [0.3, 0.4) is 0 Å². The van der Waals surface area contributed by atoms with E-state index in [0.717, 1.165) is 6.92 Å². The van der Waals surface area contributed by atoms with Crippen LogP contribution in [0.5, 0.6) is 0 Å². The third-order valence-electron chi connectivity index (χ3n) is 2.42. The zero-order valence-corrected chi connectivity index (χ0v) is 12.0. The summed E-state index contributed by atoms with van der Waals surface area (Å²) in [7, 11) is 0. The summed E-state index contributed by atoms with van der Waals surface area (Å²) in [5.74, 6) is -3.40. The summed E-state index contributed by atoms with van der Waals surface area (Å²) in [5, 5.41) is 1.95. The minimum Gasteiger partial charge on any atom is -0.464 e. The van der Waals surface area contributed by atoms with Gasteiger partial charge in [0.2, 0.25) is 11.4 Å². The number of rotatable bonds is 7. The van der Waals surface area contributed by atoms with Gasteiger partial charge in [-0.25, -0.2) is 9.59 Å². The van der Waals surface area contributed by atoms with Crippen molar-refractivity contribution in [3.05, 3.63) is 0 Å².